The first-order valence-electron chi connectivity index (χ1n) is 7.94. The van der Waals surface area contributed by atoms with E-state index in [0.717, 1.165) is 0 Å². The van der Waals surface area contributed by atoms with Crippen molar-refractivity contribution in [1.29, 1.82) is 0 Å². The van der Waals surface area contributed by atoms with Gasteiger partial charge >= 0.3 is 5.69 Å². The molecule has 1 aliphatic heterocycles. The summed E-state index contributed by atoms with van der Waals surface area (Å²) in [7, 11) is -1.92. The van der Waals surface area contributed by atoms with Crippen molar-refractivity contribution in [2.24, 2.45) is 0 Å². The molecule has 0 saturated carbocycles. The standard InChI is InChI=1S/C15H26IN3O4Si/c1-15(2,3)24(4,5)22-8-11-10(20)6-12(23-11)19-7-9(16)13(17)18-14(19)21/h7,10-12,20H,6,8H2,1-5H3,(H2,17,18,21)/t10-,11?,12?/m1/s1. The maximum atomic E-state index is 12.0. The molecular formula is C15H26IN3O4Si. The zero-order valence-electron chi connectivity index (χ0n) is 14.7. The minimum Gasteiger partial charge on any atom is -0.414 e. The zero-order chi connectivity index (χ0) is 18.3. The van der Waals surface area contributed by atoms with Crippen molar-refractivity contribution < 1.29 is 14.3 Å². The summed E-state index contributed by atoms with van der Waals surface area (Å²) in [6.07, 6.45) is 0.252. The Morgan fingerprint density at radius 3 is 2.75 bits per heavy atom. The quantitative estimate of drug-likeness (QED) is 0.520. The molecule has 136 valence electrons. The lowest BCUT2D eigenvalue weighted by Gasteiger charge is -2.37. The first-order chi connectivity index (χ1) is 10.9. The summed E-state index contributed by atoms with van der Waals surface area (Å²) in [6.45, 7) is 11.1. The lowest BCUT2D eigenvalue weighted by molar-refractivity contribution is -0.0432. The smallest absolute Gasteiger partial charge is 0.351 e. The molecule has 0 bridgehead atoms. The van der Waals surface area contributed by atoms with Crippen LogP contribution in [0.1, 0.15) is 33.4 Å². The van der Waals surface area contributed by atoms with Gasteiger partial charge < -0.3 is 20.0 Å². The first-order valence-corrected chi connectivity index (χ1v) is 11.9. The van der Waals surface area contributed by atoms with Gasteiger partial charge in [0.1, 0.15) is 18.1 Å². The Bertz CT molecular complexity index is 659. The summed E-state index contributed by atoms with van der Waals surface area (Å²) in [5.41, 5.74) is 5.17. The third-order valence-corrected chi connectivity index (χ3v) is 10.2. The minimum atomic E-state index is -1.92. The van der Waals surface area contributed by atoms with Gasteiger partial charge in [-0.3, -0.25) is 4.57 Å². The average molecular weight is 467 g/mol. The third-order valence-electron chi connectivity index (χ3n) is 4.86. The van der Waals surface area contributed by atoms with Gasteiger partial charge in [-0.15, -0.1) is 0 Å². The van der Waals surface area contributed by atoms with Crippen LogP contribution in [-0.2, 0) is 9.16 Å². The number of anilines is 1. The molecule has 2 unspecified atom stereocenters. The number of aromatic nitrogens is 2. The molecule has 3 atom stereocenters. The van der Waals surface area contributed by atoms with E-state index < -0.39 is 32.4 Å². The van der Waals surface area contributed by atoms with Crippen LogP contribution in [0.5, 0.6) is 0 Å². The van der Waals surface area contributed by atoms with Crippen molar-refractivity contribution in [3.05, 3.63) is 20.3 Å². The predicted molar refractivity (Wildman–Crippen MR) is 103 cm³/mol. The molecule has 0 radical (unpaired) electrons. The molecule has 9 heteroatoms. The molecular weight excluding hydrogens is 441 g/mol. The Morgan fingerprint density at radius 2 is 2.17 bits per heavy atom. The van der Waals surface area contributed by atoms with Crippen molar-refractivity contribution in [3.8, 4) is 0 Å². The van der Waals surface area contributed by atoms with Gasteiger partial charge in [-0.2, -0.15) is 4.98 Å². The number of hydrogen-bond acceptors (Lipinski definition) is 6. The van der Waals surface area contributed by atoms with Gasteiger partial charge in [-0.25, -0.2) is 4.79 Å². The molecule has 2 heterocycles. The molecule has 1 fully saturated rings. The van der Waals surface area contributed by atoms with Crippen molar-refractivity contribution in [2.75, 3.05) is 12.3 Å². The number of aliphatic hydroxyl groups is 1. The Labute approximate surface area is 156 Å². The SMILES string of the molecule is CC(C)(C)[Si](C)(C)OCC1OC(n2cc(I)c(N)nc2=O)C[C@H]1O. The molecule has 0 amide bonds. The normalized spacial score (nSPS) is 25.2. The molecule has 1 saturated heterocycles. The van der Waals surface area contributed by atoms with Gasteiger partial charge in [-0.1, -0.05) is 20.8 Å². The van der Waals surface area contributed by atoms with Crippen molar-refractivity contribution in [3.63, 3.8) is 0 Å². The topological polar surface area (TPSA) is 99.6 Å². The van der Waals surface area contributed by atoms with Crippen LogP contribution in [0.15, 0.2) is 11.0 Å². The number of nitrogens with two attached hydrogens (primary N) is 1. The summed E-state index contributed by atoms with van der Waals surface area (Å²) in [5.74, 6) is 0.202. The second-order valence-corrected chi connectivity index (χ2v) is 13.6. The lowest BCUT2D eigenvalue weighted by atomic mass is 10.2. The van der Waals surface area contributed by atoms with Gasteiger partial charge in [0.15, 0.2) is 8.32 Å². The Kier molecular flexibility index (Phi) is 5.80. The van der Waals surface area contributed by atoms with Crippen LogP contribution in [0.25, 0.3) is 0 Å². The van der Waals surface area contributed by atoms with E-state index in [4.69, 9.17) is 14.9 Å². The van der Waals surface area contributed by atoms with Crippen LogP contribution in [0.2, 0.25) is 18.1 Å². The summed E-state index contributed by atoms with van der Waals surface area (Å²) < 4.78 is 14.1. The maximum absolute atomic E-state index is 12.0. The number of aliphatic hydroxyl groups excluding tert-OH is 1. The van der Waals surface area contributed by atoms with E-state index in [1.54, 1.807) is 6.20 Å². The highest BCUT2D eigenvalue weighted by molar-refractivity contribution is 14.1. The lowest BCUT2D eigenvalue weighted by Crippen LogP contribution is -2.43. The zero-order valence-corrected chi connectivity index (χ0v) is 17.9. The van der Waals surface area contributed by atoms with Crippen LogP contribution in [0.3, 0.4) is 0 Å². The number of halogens is 1. The Hall–Kier alpha value is -0.493. The molecule has 0 aliphatic carbocycles. The molecule has 0 aromatic carbocycles. The van der Waals surface area contributed by atoms with Gasteiger partial charge in [-0.05, 0) is 40.7 Å². The number of nitrogens with zero attached hydrogens (tertiary/aromatic N) is 2. The first kappa shape index (κ1) is 19.8. The summed E-state index contributed by atoms with van der Waals surface area (Å²) >= 11 is 2.02. The minimum absolute atomic E-state index is 0.0872. The third kappa shape index (κ3) is 4.18. The van der Waals surface area contributed by atoms with Crippen molar-refractivity contribution >= 4 is 36.7 Å². The highest BCUT2D eigenvalue weighted by Gasteiger charge is 2.41. The van der Waals surface area contributed by atoms with Crippen LogP contribution in [-0.4, -0.2) is 41.8 Å². The molecule has 3 N–H and O–H groups in total. The van der Waals surface area contributed by atoms with Crippen LogP contribution in [0.4, 0.5) is 5.82 Å². The Balaban J connectivity index is 2.08. The van der Waals surface area contributed by atoms with E-state index >= 15 is 0 Å². The fraction of sp³-hybridized carbons (Fsp3) is 0.733. The highest BCUT2D eigenvalue weighted by atomic mass is 127. The molecule has 7 nitrogen and oxygen atoms in total. The van der Waals surface area contributed by atoms with E-state index in [1.165, 1.54) is 4.57 Å². The van der Waals surface area contributed by atoms with Gasteiger partial charge in [0.05, 0.1) is 16.3 Å². The van der Waals surface area contributed by atoms with E-state index in [-0.39, 0.29) is 10.9 Å². The van der Waals surface area contributed by atoms with E-state index in [1.807, 2.05) is 22.6 Å². The van der Waals surface area contributed by atoms with E-state index in [9.17, 15) is 9.90 Å². The molecule has 0 spiro atoms. The maximum Gasteiger partial charge on any atom is 0.351 e. The number of ether oxygens (including phenoxy) is 1. The number of hydrogen-bond donors (Lipinski definition) is 2. The summed E-state index contributed by atoms with van der Waals surface area (Å²) in [4.78, 5) is 15.8. The molecule has 24 heavy (non-hydrogen) atoms. The second kappa shape index (κ2) is 7.02. The average Bonchev–Trinajstić information content (AvgIpc) is 2.80. The van der Waals surface area contributed by atoms with Crippen molar-refractivity contribution in [1.82, 2.24) is 9.55 Å². The highest BCUT2D eigenvalue weighted by Crippen LogP contribution is 2.37. The van der Waals surface area contributed by atoms with E-state index in [0.29, 0.717) is 16.6 Å². The van der Waals surface area contributed by atoms with Crippen molar-refractivity contribution in [2.45, 2.75) is 63.8 Å². The monoisotopic (exact) mass is 467 g/mol. The van der Waals surface area contributed by atoms with Gasteiger partial charge in [0.25, 0.3) is 0 Å². The number of nitrogen functional groups attached to an aromatic ring is 1. The number of rotatable bonds is 4. The summed E-state index contributed by atoms with van der Waals surface area (Å²) in [6, 6.07) is 0. The van der Waals surface area contributed by atoms with Gasteiger partial charge in [0, 0.05) is 12.6 Å². The molecule has 2 rings (SSSR count). The van der Waals surface area contributed by atoms with Crippen LogP contribution in [0, 0.1) is 3.57 Å². The fourth-order valence-electron chi connectivity index (χ4n) is 2.21. The molecule has 1 aromatic rings. The van der Waals surface area contributed by atoms with E-state index in [2.05, 4.69) is 38.8 Å². The van der Waals surface area contributed by atoms with Crippen LogP contribution >= 0.6 is 22.6 Å². The predicted octanol–water partition coefficient (Wildman–Crippen LogP) is 2.10. The summed E-state index contributed by atoms with van der Waals surface area (Å²) in [5, 5.41) is 10.4. The van der Waals surface area contributed by atoms with Crippen LogP contribution < -0.4 is 11.4 Å². The second-order valence-electron chi connectivity index (χ2n) is 7.67. The molecule has 1 aromatic heterocycles. The van der Waals surface area contributed by atoms with Gasteiger partial charge in [0.2, 0.25) is 0 Å². The Morgan fingerprint density at radius 1 is 1.54 bits per heavy atom. The molecule has 1 aliphatic rings. The largest absolute Gasteiger partial charge is 0.414 e. The fourth-order valence-corrected chi connectivity index (χ4v) is 3.64.